The molecule has 0 saturated heterocycles. The largest absolute Gasteiger partial charge is 0.369 e. The van der Waals surface area contributed by atoms with E-state index in [0.29, 0.717) is 5.56 Å². The number of hydrogen-bond donors (Lipinski definition) is 2. The molecule has 0 bridgehead atoms. The summed E-state index contributed by atoms with van der Waals surface area (Å²) < 4.78 is 15.7. The quantitative estimate of drug-likeness (QED) is 0.667. The Morgan fingerprint density at radius 1 is 1.25 bits per heavy atom. The summed E-state index contributed by atoms with van der Waals surface area (Å²) in [6.07, 6.45) is 3.91. The number of nitrogens with zero attached hydrogens (tertiary/aromatic N) is 3. The van der Waals surface area contributed by atoms with Crippen LogP contribution in [-0.2, 0) is 6.54 Å². The molecule has 1 aromatic carbocycles. The molecule has 128 valence electrons. The minimum Gasteiger partial charge on any atom is -0.369 e. The number of nitrogens with one attached hydrogen (secondary N) is 1. The smallest absolute Gasteiger partial charge is 0.154 e. The summed E-state index contributed by atoms with van der Waals surface area (Å²) in [6, 6.07) is 8.82. The number of benzene rings is 1. The summed E-state index contributed by atoms with van der Waals surface area (Å²) in [5.74, 6) is 0.474. The number of rotatable bonds is 6. The maximum absolute atomic E-state index is 14.0. The van der Waals surface area contributed by atoms with Crippen molar-refractivity contribution in [3.8, 4) is 11.3 Å². The molecule has 0 atom stereocenters. The van der Waals surface area contributed by atoms with Gasteiger partial charge in [-0.05, 0) is 24.6 Å². The third-order valence-corrected chi connectivity index (χ3v) is 3.77. The van der Waals surface area contributed by atoms with E-state index in [1.165, 1.54) is 6.07 Å². The van der Waals surface area contributed by atoms with Crippen LogP contribution < -0.4 is 11.1 Å². The number of unbranched alkanes of at least 4 members (excludes halogenated alkanes) is 1. The fraction of sp³-hybridized carbons (Fsp3) is 0.294. The van der Waals surface area contributed by atoms with Crippen molar-refractivity contribution in [1.29, 1.82) is 0 Å². The van der Waals surface area contributed by atoms with Crippen LogP contribution in [0.25, 0.3) is 16.9 Å². The van der Waals surface area contributed by atoms with Crippen LogP contribution in [0.15, 0.2) is 36.5 Å². The summed E-state index contributed by atoms with van der Waals surface area (Å²) in [4.78, 5) is 4.33. The molecule has 0 aliphatic heterocycles. The van der Waals surface area contributed by atoms with E-state index < -0.39 is 0 Å². The number of aromatic nitrogens is 3. The second-order valence-corrected chi connectivity index (χ2v) is 5.42. The Morgan fingerprint density at radius 2 is 2.08 bits per heavy atom. The first-order valence-electron chi connectivity index (χ1n) is 7.80. The maximum atomic E-state index is 14.0. The predicted molar refractivity (Wildman–Crippen MR) is 96.9 cm³/mol. The maximum Gasteiger partial charge on any atom is 0.154 e. The molecule has 0 spiro atoms. The van der Waals surface area contributed by atoms with E-state index in [4.69, 9.17) is 5.73 Å². The Labute approximate surface area is 146 Å². The second kappa shape index (κ2) is 8.08. The molecule has 24 heavy (non-hydrogen) atoms. The Bertz CT molecular complexity index is 818. The van der Waals surface area contributed by atoms with Gasteiger partial charge in [-0.1, -0.05) is 25.5 Å². The zero-order valence-corrected chi connectivity index (χ0v) is 14.3. The van der Waals surface area contributed by atoms with Crippen molar-refractivity contribution in [3.63, 3.8) is 0 Å². The van der Waals surface area contributed by atoms with Gasteiger partial charge in [0.25, 0.3) is 0 Å². The second-order valence-electron chi connectivity index (χ2n) is 5.42. The predicted octanol–water partition coefficient (Wildman–Crippen LogP) is 3.63. The molecule has 3 N–H and O–H groups in total. The first-order valence-corrected chi connectivity index (χ1v) is 7.80. The van der Waals surface area contributed by atoms with Crippen LogP contribution in [-0.4, -0.2) is 21.1 Å². The van der Waals surface area contributed by atoms with Gasteiger partial charge < -0.3 is 11.1 Å². The summed E-state index contributed by atoms with van der Waals surface area (Å²) in [5.41, 5.74) is 8.21. The normalized spacial score (nSPS) is 10.6. The highest BCUT2D eigenvalue weighted by Gasteiger charge is 2.10. The van der Waals surface area contributed by atoms with E-state index in [1.54, 1.807) is 16.8 Å². The van der Waals surface area contributed by atoms with Crippen molar-refractivity contribution in [2.45, 2.75) is 26.3 Å². The first kappa shape index (κ1) is 18.2. The van der Waals surface area contributed by atoms with Crippen LogP contribution in [0.4, 0.5) is 10.2 Å². The molecule has 0 saturated carbocycles. The molecule has 0 amide bonds. The Hall–Kier alpha value is -2.18. The standard InChI is InChI=1S/C17H20FN5.ClH/c1-2-3-8-20-16-6-7-17-21-11-15(23(17)22-16)12-4-5-13(10-19)14(18)9-12;/h4-7,9,11H,2-3,8,10,19H2,1H3,(H,20,22);1H. The summed E-state index contributed by atoms with van der Waals surface area (Å²) in [7, 11) is 0. The van der Waals surface area contributed by atoms with Crippen molar-refractivity contribution in [1.82, 2.24) is 14.6 Å². The van der Waals surface area contributed by atoms with Crippen molar-refractivity contribution in [2.75, 3.05) is 11.9 Å². The Morgan fingerprint density at radius 3 is 2.79 bits per heavy atom. The summed E-state index contributed by atoms with van der Waals surface area (Å²) in [5, 5.41) is 7.84. The van der Waals surface area contributed by atoms with Crippen molar-refractivity contribution in [3.05, 3.63) is 47.9 Å². The number of hydrogen-bond acceptors (Lipinski definition) is 4. The highest BCUT2D eigenvalue weighted by atomic mass is 35.5. The van der Waals surface area contributed by atoms with Gasteiger partial charge >= 0.3 is 0 Å². The first-order chi connectivity index (χ1) is 11.2. The highest BCUT2D eigenvalue weighted by molar-refractivity contribution is 5.85. The molecular formula is C17H21ClFN5. The molecule has 3 rings (SSSR count). The average Bonchev–Trinajstić information content (AvgIpc) is 2.98. The van der Waals surface area contributed by atoms with Crippen molar-refractivity contribution in [2.24, 2.45) is 5.73 Å². The van der Waals surface area contributed by atoms with Crippen LogP contribution >= 0.6 is 12.4 Å². The number of nitrogens with two attached hydrogens (primary N) is 1. The molecule has 0 aliphatic carbocycles. The molecular weight excluding hydrogens is 329 g/mol. The van der Waals surface area contributed by atoms with Crippen LogP contribution in [0.3, 0.4) is 0 Å². The lowest BCUT2D eigenvalue weighted by atomic mass is 10.1. The third kappa shape index (κ3) is 3.66. The number of imidazole rings is 1. The minimum atomic E-state index is -0.308. The van der Waals surface area contributed by atoms with Gasteiger partial charge in [-0.15, -0.1) is 17.5 Å². The number of anilines is 1. The lowest BCUT2D eigenvalue weighted by molar-refractivity contribution is 0.611. The summed E-state index contributed by atoms with van der Waals surface area (Å²) in [6.45, 7) is 3.20. The van der Waals surface area contributed by atoms with E-state index in [1.807, 2.05) is 18.2 Å². The van der Waals surface area contributed by atoms with E-state index in [0.717, 1.165) is 42.1 Å². The van der Waals surface area contributed by atoms with Gasteiger partial charge in [0, 0.05) is 24.2 Å². The van der Waals surface area contributed by atoms with E-state index in [-0.39, 0.29) is 24.8 Å². The van der Waals surface area contributed by atoms with Gasteiger partial charge in [0.2, 0.25) is 0 Å². The van der Waals surface area contributed by atoms with Gasteiger partial charge in [-0.3, -0.25) is 0 Å². The van der Waals surface area contributed by atoms with Crippen molar-refractivity contribution < 1.29 is 4.39 Å². The van der Waals surface area contributed by atoms with Crippen LogP contribution in [0.2, 0.25) is 0 Å². The van der Waals surface area contributed by atoms with Gasteiger partial charge in [0.15, 0.2) is 5.65 Å². The monoisotopic (exact) mass is 349 g/mol. The molecule has 0 radical (unpaired) electrons. The van der Waals surface area contributed by atoms with E-state index >= 15 is 0 Å². The zero-order valence-electron chi connectivity index (χ0n) is 13.5. The number of halogens is 2. The lowest BCUT2D eigenvalue weighted by Gasteiger charge is -2.07. The van der Waals surface area contributed by atoms with Crippen LogP contribution in [0.1, 0.15) is 25.3 Å². The lowest BCUT2D eigenvalue weighted by Crippen LogP contribution is -2.06. The zero-order chi connectivity index (χ0) is 16.2. The Kier molecular flexibility index (Phi) is 6.11. The summed E-state index contributed by atoms with van der Waals surface area (Å²) >= 11 is 0. The number of fused-ring (bicyclic) bond motifs is 1. The van der Waals surface area contributed by atoms with Gasteiger partial charge in [0.05, 0.1) is 11.9 Å². The average molecular weight is 350 g/mol. The van der Waals surface area contributed by atoms with Gasteiger partial charge in [-0.2, -0.15) is 0 Å². The molecule has 2 heterocycles. The highest BCUT2D eigenvalue weighted by Crippen LogP contribution is 2.23. The van der Waals surface area contributed by atoms with Gasteiger partial charge in [-0.25, -0.2) is 13.9 Å². The molecule has 0 fully saturated rings. The van der Waals surface area contributed by atoms with Crippen LogP contribution in [0, 0.1) is 5.82 Å². The fourth-order valence-electron chi connectivity index (χ4n) is 2.43. The fourth-order valence-corrected chi connectivity index (χ4v) is 2.43. The SMILES string of the molecule is CCCCNc1ccc2ncc(-c3ccc(CN)c(F)c3)n2n1.Cl. The molecule has 0 unspecified atom stereocenters. The minimum absolute atomic E-state index is 0. The van der Waals surface area contributed by atoms with Crippen LogP contribution in [0.5, 0.6) is 0 Å². The molecule has 0 aliphatic rings. The molecule has 7 heteroatoms. The molecule has 5 nitrogen and oxygen atoms in total. The van der Waals surface area contributed by atoms with E-state index in [9.17, 15) is 4.39 Å². The topological polar surface area (TPSA) is 68.2 Å². The van der Waals surface area contributed by atoms with E-state index in [2.05, 4.69) is 22.3 Å². The van der Waals surface area contributed by atoms with Crippen molar-refractivity contribution >= 4 is 23.9 Å². The Balaban J connectivity index is 0.00000208. The molecule has 2 aromatic heterocycles. The van der Waals surface area contributed by atoms with Gasteiger partial charge in [0.1, 0.15) is 11.6 Å². The molecule has 3 aromatic rings. The third-order valence-electron chi connectivity index (χ3n) is 3.77.